The molecule has 1 saturated heterocycles. The van der Waals surface area contributed by atoms with Crippen LogP contribution in [0.3, 0.4) is 0 Å². The first-order valence-corrected chi connectivity index (χ1v) is 10.2. The van der Waals surface area contributed by atoms with E-state index in [0.717, 1.165) is 11.6 Å². The monoisotopic (exact) mass is 445 g/mol. The van der Waals surface area contributed by atoms with Gasteiger partial charge in [0.15, 0.2) is 11.6 Å². The fourth-order valence-electron chi connectivity index (χ4n) is 3.01. The predicted octanol–water partition coefficient (Wildman–Crippen LogP) is 4.61. The fourth-order valence-corrected chi connectivity index (χ4v) is 3.01. The minimum Gasteiger partial charge on any atom is -0.507 e. The third-order valence-electron chi connectivity index (χ3n) is 5.62. The van der Waals surface area contributed by atoms with E-state index >= 15 is 0 Å². The molecule has 1 aliphatic rings. The lowest BCUT2D eigenvalue weighted by Crippen LogP contribution is -2.41. The second kappa shape index (κ2) is 9.30. The quantitative estimate of drug-likeness (QED) is 0.636. The average molecular weight is 445 g/mol. The first kappa shape index (κ1) is 23.8. The lowest BCUT2D eigenvalue weighted by atomic mass is 9.77. The first-order chi connectivity index (χ1) is 15.0. The van der Waals surface area contributed by atoms with Crippen molar-refractivity contribution in [1.82, 2.24) is 5.32 Å². The number of benzene rings is 2. The van der Waals surface area contributed by atoms with E-state index in [1.54, 1.807) is 0 Å². The molecule has 9 heteroatoms. The number of carbonyl (C=O) groups is 1. The molecule has 3 rings (SSSR count). The topological polar surface area (TPSA) is 77.0 Å². The average Bonchev–Trinajstić information content (AvgIpc) is 2.95. The number of ether oxygens (including phenoxy) is 1. The van der Waals surface area contributed by atoms with Crippen molar-refractivity contribution in [3.63, 3.8) is 0 Å². The molecule has 0 unspecified atom stereocenters. The van der Waals surface area contributed by atoms with Crippen molar-refractivity contribution in [3.8, 4) is 5.75 Å². The van der Waals surface area contributed by atoms with Crippen molar-refractivity contribution in [2.24, 2.45) is 0 Å². The van der Waals surface area contributed by atoms with Gasteiger partial charge in [-0.25, -0.2) is 13.6 Å². The highest BCUT2D eigenvalue weighted by molar-refractivity contribution is 6.56. The highest BCUT2D eigenvalue weighted by Crippen LogP contribution is 2.39. The van der Waals surface area contributed by atoms with Gasteiger partial charge >= 0.3 is 13.2 Å². The Morgan fingerprint density at radius 3 is 2.31 bits per heavy atom. The zero-order valence-electron chi connectivity index (χ0n) is 18.4. The van der Waals surface area contributed by atoms with Crippen LogP contribution in [-0.4, -0.2) is 36.1 Å². The number of phenols is 1. The minimum atomic E-state index is -1.17. The van der Waals surface area contributed by atoms with E-state index in [1.807, 2.05) is 58.0 Å². The zero-order chi connectivity index (χ0) is 23.5. The third kappa shape index (κ3) is 5.47. The highest BCUT2D eigenvalue weighted by atomic mass is 19.2. The Morgan fingerprint density at radius 2 is 1.69 bits per heavy atom. The summed E-state index contributed by atoms with van der Waals surface area (Å²) in [6.07, 6.45) is 0.725. The van der Waals surface area contributed by atoms with Crippen LogP contribution >= 0.6 is 0 Å². The van der Waals surface area contributed by atoms with Gasteiger partial charge < -0.3 is 24.5 Å². The van der Waals surface area contributed by atoms with E-state index in [1.165, 1.54) is 6.08 Å². The van der Waals surface area contributed by atoms with Crippen LogP contribution in [-0.2, 0) is 20.7 Å². The molecule has 2 N–H and O–H groups in total. The smallest absolute Gasteiger partial charge is 0.492 e. The zero-order valence-corrected chi connectivity index (χ0v) is 18.4. The molecular formula is C23H26BF2NO5. The summed E-state index contributed by atoms with van der Waals surface area (Å²) in [5, 5.41) is 12.7. The van der Waals surface area contributed by atoms with E-state index in [9.17, 15) is 18.7 Å². The third-order valence-corrected chi connectivity index (χ3v) is 5.62. The van der Waals surface area contributed by atoms with Gasteiger partial charge in [0.05, 0.1) is 11.2 Å². The molecule has 2 aromatic rings. The van der Waals surface area contributed by atoms with Crippen LogP contribution in [0, 0.1) is 11.6 Å². The number of hydrogen-bond acceptors (Lipinski definition) is 5. The molecule has 0 atom stereocenters. The number of rotatable bonds is 6. The number of aromatic hydroxyl groups is 1. The Morgan fingerprint density at radius 1 is 1.09 bits per heavy atom. The Hall–Kier alpha value is -2.91. The SMILES string of the molecule is CC1(C)OB(C(=Cc2cc(F)c(F)cc2O)CNC(=O)OCc2ccccc2)OC1(C)C. The van der Waals surface area contributed by atoms with Crippen LogP contribution in [0.1, 0.15) is 38.8 Å². The molecule has 0 saturated carbocycles. The van der Waals surface area contributed by atoms with Crippen LogP contribution in [0.25, 0.3) is 6.08 Å². The molecule has 0 spiro atoms. The van der Waals surface area contributed by atoms with Crippen LogP contribution in [0.2, 0.25) is 0 Å². The fraction of sp³-hybridized carbons (Fsp3) is 0.348. The molecule has 170 valence electrons. The summed E-state index contributed by atoms with van der Waals surface area (Å²) < 4.78 is 44.4. The molecule has 1 aliphatic heterocycles. The second-order valence-electron chi connectivity index (χ2n) is 8.55. The Balaban J connectivity index is 1.78. The summed E-state index contributed by atoms with van der Waals surface area (Å²) in [5.74, 6) is -2.73. The summed E-state index contributed by atoms with van der Waals surface area (Å²) in [6.45, 7) is 7.47. The number of phenolic OH excluding ortho intramolecular Hbond substituents is 1. The Kier molecular flexibility index (Phi) is 6.90. The molecule has 1 fully saturated rings. The summed E-state index contributed by atoms with van der Waals surface area (Å²) in [5.41, 5.74) is -0.0906. The molecule has 0 aliphatic carbocycles. The van der Waals surface area contributed by atoms with Gasteiger partial charge in [-0.2, -0.15) is 0 Å². The van der Waals surface area contributed by atoms with E-state index in [2.05, 4.69) is 5.32 Å². The van der Waals surface area contributed by atoms with E-state index in [0.29, 0.717) is 11.5 Å². The van der Waals surface area contributed by atoms with Crippen molar-refractivity contribution < 1.29 is 32.7 Å². The van der Waals surface area contributed by atoms with Crippen LogP contribution < -0.4 is 5.32 Å². The standard InChI is InChI=1S/C23H26BF2NO5/c1-22(2)23(3,4)32-24(31-22)17(10-16-11-18(25)19(26)12-20(16)28)13-27-21(29)30-14-15-8-6-5-7-9-15/h5-12,28H,13-14H2,1-4H3,(H,27,29). The van der Waals surface area contributed by atoms with Crippen molar-refractivity contribution in [3.05, 3.63) is 70.7 Å². The van der Waals surface area contributed by atoms with Crippen molar-refractivity contribution in [2.45, 2.75) is 45.5 Å². The number of halogens is 2. The molecule has 32 heavy (non-hydrogen) atoms. The van der Waals surface area contributed by atoms with Crippen molar-refractivity contribution >= 4 is 19.3 Å². The number of nitrogens with one attached hydrogen (secondary N) is 1. The largest absolute Gasteiger partial charge is 0.507 e. The lowest BCUT2D eigenvalue weighted by molar-refractivity contribution is 0.00578. The van der Waals surface area contributed by atoms with Gasteiger partial charge in [0, 0.05) is 18.2 Å². The maximum absolute atomic E-state index is 13.7. The van der Waals surface area contributed by atoms with Crippen molar-refractivity contribution in [1.29, 1.82) is 0 Å². The van der Waals surface area contributed by atoms with Gasteiger partial charge in [0.1, 0.15) is 12.4 Å². The Labute approximate surface area is 186 Å². The van der Waals surface area contributed by atoms with Gasteiger partial charge in [0.2, 0.25) is 0 Å². The van der Waals surface area contributed by atoms with Crippen LogP contribution in [0.15, 0.2) is 47.9 Å². The van der Waals surface area contributed by atoms with Gasteiger partial charge in [-0.1, -0.05) is 36.4 Å². The summed E-state index contributed by atoms with van der Waals surface area (Å²) in [6, 6.07) is 10.7. The molecule has 1 amide bonds. The van der Waals surface area contributed by atoms with Gasteiger partial charge in [-0.3, -0.25) is 0 Å². The van der Waals surface area contributed by atoms with Crippen LogP contribution in [0.4, 0.5) is 13.6 Å². The van der Waals surface area contributed by atoms with Gasteiger partial charge in [0.25, 0.3) is 0 Å². The summed E-state index contributed by atoms with van der Waals surface area (Å²) in [7, 11) is -0.887. The number of hydrogen-bond donors (Lipinski definition) is 2. The maximum Gasteiger partial charge on any atom is 0.492 e. The minimum absolute atomic E-state index is 0.0214. The van der Waals surface area contributed by atoms with Gasteiger partial charge in [-0.05, 0) is 44.8 Å². The molecule has 0 aromatic heterocycles. The number of alkyl carbamates (subject to hydrolysis) is 1. The maximum atomic E-state index is 13.7. The summed E-state index contributed by atoms with van der Waals surface area (Å²) in [4.78, 5) is 12.2. The number of carbonyl (C=O) groups excluding carboxylic acids is 1. The van der Waals surface area contributed by atoms with Crippen molar-refractivity contribution in [2.75, 3.05) is 6.54 Å². The molecule has 2 aromatic carbocycles. The number of amides is 1. The lowest BCUT2D eigenvalue weighted by Gasteiger charge is -2.32. The van der Waals surface area contributed by atoms with E-state index in [4.69, 9.17) is 14.0 Å². The molecule has 0 radical (unpaired) electrons. The summed E-state index contributed by atoms with van der Waals surface area (Å²) >= 11 is 0. The Bertz CT molecular complexity index is 995. The van der Waals surface area contributed by atoms with E-state index < -0.39 is 41.8 Å². The normalized spacial score (nSPS) is 17.3. The molecular weight excluding hydrogens is 419 g/mol. The predicted molar refractivity (Wildman–Crippen MR) is 117 cm³/mol. The molecule has 6 nitrogen and oxygen atoms in total. The van der Waals surface area contributed by atoms with E-state index in [-0.39, 0.29) is 18.7 Å². The highest BCUT2D eigenvalue weighted by Gasteiger charge is 2.52. The van der Waals surface area contributed by atoms with Crippen LogP contribution in [0.5, 0.6) is 5.75 Å². The molecule has 1 heterocycles. The molecule has 0 bridgehead atoms. The van der Waals surface area contributed by atoms with Gasteiger partial charge in [-0.15, -0.1) is 0 Å². The second-order valence-corrected chi connectivity index (χ2v) is 8.55. The first-order valence-electron chi connectivity index (χ1n) is 10.2.